The van der Waals surface area contributed by atoms with Gasteiger partial charge in [0.25, 0.3) is 0 Å². The van der Waals surface area contributed by atoms with Crippen molar-refractivity contribution in [2.24, 2.45) is 5.92 Å². The largest absolute Gasteiger partial charge is 0.392 e. The van der Waals surface area contributed by atoms with Crippen molar-refractivity contribution in [3.05, 3.63) is 10.8 Å². The summed E-state index contributed by atoms with van der Waals surface area (Å²) in [5.74, 6) is 1.17. The van der Waals surface area contributed by atoms with Gasteiger partial charge in [-0.1, -0.05) is 20.8 Å². The second-order valence-electron chi connectivity index (χ2n) is 3.47. The molecule has 74 valence electrons. The van der Waals surface area contributed by atoms with Crippen molar-refractivity contribution in [3.8, 4) is 0 Å². The first-order valence-corrected chi connectivity index (χ1v) is 5.40. The molecule has 13 heavy (non-hydrogen) atoms. The molecule has 3 nitrogen and oxygen atoms in total. The molecule has 1 aromatic rings. The van der Waals surface area contributed by atoms with Gasteiger partial charge >= 0.3 is 0 Å². The standard InChI is InChI=1S/C9H16N2OS/c1-4-8-10-9(13-11-8)5-7(12)6(2)3/h6-7,12H,4-5H2,1-3H3. The zero-order valence-electron chi connectivity index (χ0n) is 8.32. The number of aromatic nitrogens is 2. The minimum absolute atomic E-state index is 0.286. The summed E-state index contributed by atoms with van der Waals surface area (Å²) in [6, 6.07) is 0. The van der Waals surface area contributed by atoms with Gasteiger partial charge in [0.05, 0.1) is 6.10 Å². The smallest absolute Gasteiger partial charge is 0.142 e. The molecule has 0 saturated heterocycles. The zero-order chi connectivity index (χ0) is 9.84. The molecule has 0 aliphatic carbocycles. The summed E-state index contributed by atoms with van der Waals surface area (Å²) in [4.78, 5) is 4.30. The highest BCUT2D eigenvalue weighted by Crippen LogP contribution is 2.12. The molecule has 1 atom stereocenters. The third kappa shape index (κ3) is 3.04. The van der Waals surface area contributed by atoms with Crippen molar-refractivity contribution >= 4 is 11.5 Å². The Morgan fingerprint density at radius 3 is 2.62 bits per heavy atom. The van der Waals surface area contributed by atoms with E-state index >= 15 is 0 Å². The van der Waals surface area contributed by atoms with Gasteiger partial charge in [-0.05, 0) is 17.5 Å². The van der Waals surface area contributed by atoms with E-state index in [1.807, 2.05) is 20.8 Å². The predicted molar refractivity (Wildman–Crippen MR) is 53.8 cm³/mol. The van der Waals surface area contributed by atoms with Crippen molar-refractivity contribution in [2.45, 2.75) is 39.7 Å². The van der Waals surface area contributed by atoms with Gasteiger partial charge in [0.2, 0.25) is 0 Å². The highest BCUT2D eigenvalue weighted by molar-refractivity contribution is 7.05. The minimum atomic E-state index is -0.294. The lowest BCUT2D eigenvalue weighted by atomic mass is 10.1. The first-order valence-electron chi connectivity index (χ1n) is 4.63. The van der Waals surface area contributed by atoms with Crippen molar-refractivity contribution in [2.75, 3.05) is 0 Å². The average molecular weight is 200 g/mol. The third-order valence-corrected chi connectivity index (χ3v) is 2.75. The summed E-state index contributed by atoms with van der Waals surface area (Å²) in [5, 5.41) is 10.5. The molecule has 0 amide bonds. The summed E-state index contributed by atoms with van der Waals surface area (Å²) in [5.41, 5.74) is 0. The molecule has 1 aromatic heterocycles. The van der Waals surface area contributed by atoms with E-state index in [0.29, 0.717) is 6.42 Å². The van der Waals surface area contributed by atoms with E-state index in [1.165, 1.54) is 11.5 Å². The summed E-state index contributed by atoms with van der Waals surface area (Å²) < 4.78 is 4.17. The van der Waals surface area contributed by atoms with E-state index in [2.05, 4.69) is 9.36 Å². The molecule has 1 rings (SSSR count). The van der Waals surface area contributed by atoms with E-state index in [-0.39, 0.29) is 12.0 Å². The number of aliphatic hydroxyl groups excluding tert-OH is 1. The topological polar surface area (TPSA) is 46.0 Å². The fraction of sp³-hybridized carbons (Fsp3) is 0.778. The first-order chi connectivity index (χ1) is 6.13. The summed E-state index contributed by atoms with van der Waals surface area (Å²) in [6.45, 7) is 6.05. The molecule has 1 heterocycles. The molecule has 1 N–H and O–H groups in total. The molecule has 0 aliphatic rings. The molecule has 0 fully saturated rings. The summed E-state index contributed by atoms with van der Waals surface area (Å²) in [7, 11) is 0. The number of aliphatic hydroxyl groups is 1. The number of aryl methyl sites for hydroxylation is 1. The maximum absolute atomic E-state index is 9.60. The lowest BCUT2D eigenvalue weighted by Gasteiger charge is -2.11. The normalized spacial score (nSPS) is 13.6. The average Bonchev–Trinajstić information content (AvgIpc) is 2.52. The monoisotopic (exact) mass is 200 g/mol. The van der Waals surface area contributed by atoms with Crippen LogP contribution >= 0.6 is 11.5 Å². The molecule has 0 saturated carbocycles. The second kappa shape index (κ2) is 4.67. The molecular formula is C9H16N2OS. The molecule has 0 bridgehead atoms. The van der Waals surface area contributed by atoms with Gasteiger partial charge in [-0.3, -0.25) is 0 Å². The Kier molecular flexibility index (Phi) is 3.81. The Bertz CT molecular complexity index is 260. The number of hydrogen-bond acceptors (Lipinski definition) is 4. The quantitative estimate of drug-likeness (QED) is 0.804. The van der Waals surface area contributed by atoms with Crippen molar-refractivity contribution < 1.29 is 5.11 Å². The van der Waals surface area contributed by atoms with E-state index in [1.54, 1.807) is 0 Å². The van der Waals surface area contributed by atoms with Crippen LogP contribution in [0.3, 0.4) is 0 Å². The Morgan fingerprint density at radius 1 is 1.46 bits per heavy atom. The Balaban J connectivity index is 2.53. The SMILES string of the molecule is CCc1nsc(CC(O)C(C)C)n1. The Morgan fingerprint density at radius 2 is 2.15 bits per heavy atom. The molecule has 1 unspecified atom stereocenters. The fourth-order valence-corrected chi connectivity index (χ4v) is 1.70. The van der Waals surface area contributed by atoms with E-state index in [0.717, 1.165) is 17.3 Å². The van der Waals surface area contributed by atoms with Gasteiger partial charge in [0, 0.05) is 12.8 Å². The Labute approximate surface area is 83.0 Å². The van der Waals surface area contributed by atoms with Crippen LogP contribution in [0.25, 0.3) is 0 Å². The van der Waals surface area contributed by atoms with Gasteiger partial charge in [-0.2, -0.15) is 4.37 Å². The number of hydrogen-bond donors (Lipinski definition) is 1. The lowest BCUT2D eigenvalue weighted by Crippen LogP contribution is -2.17. The molecule has 0 spiro atoms. The van der Waals surface area contributed by atoms with Crippen LogP contribution in [0.15, 0.2) is 0 Å². The van der Waals surface area contributed by atoms with Crippen LogP contribution in [0, 0.1) is 5.92 Å². The molecule has 0 radical (unpaired) electrons. The maximum Gasteiger partial charge on any atom is 0.142 e. The van der Waals surface area contributed by atoms with Crippen LogP contribution in [-0.2, 0) is 12.8 Å². The lowest BCUT2D eigenvalue weighted by molar-refractivity contribution is 0.125. The molecule has 4 heteroatoms. The van der Waals surface area contributed by atoms with Crippen molar-refractivity contribution in [1.82, 2.24) is 9.36 Å². The molecule has 0 aromatic carbocycles. The summed E-state index contributed by atoms with van der Waals surface area (Å²) in [6.07, 6.45) is 1.21. The van der Waals surface area contributed by atoms with Crippen LogP contribution < -0.4 is 0 Å². The maximum atomic E-state index is 9.60. The minimum Gasteiger partial charge on any atom is -0.392 e. The van der Waals surface area contributed by atoms with Gasteiger partial charge in [-0.15, -0.1) is 0 Å². The van der Waals surface area contributed by atoms with Crippen LogP contribution in [-0.4, -0.2) is 20.6 Å². The van der Waals surface area contributed by atoms with Gasteiger partial charge < -0.3 is 5.11 Å². The van der Waals surface area contributed by atoms with Crippen molar-refractivity contribution in [3.63, 3.8) is 0 Å². The van der Waals surface area contributed by atoms with Gasteiger partial charge in [0.15, 0.2) is 0 Å². The second-order valence-corrected chi connectivity index (χ2v) is 4.31. The van der Waals surface area contributed by atoms with Crippen LogP contribution in [0.1, 0.15) is 31.6 Å². The summed E-state index contributed by atoms with van der Waals surface area (Å²) >= 11 is 1.40. The number of rotatable bonds is 4. The van der Waals surface area contributed by atoms with Gasteiger partial charge in [0.1, 0.15) is 10.8 Å². The molecule has 0 aliphatic heterocycles. The highest BCUT2D eigenvalue weighted by atomic mass is 32.1. The van der Waals surface area contributed by atoms with Crippen LogP contribution in [0.5, 0.6) is 0 Å². The van der Waals surface area contributed by atoms with Crippen LogP contribution in [0.2, 0.25) is 0 Å². The van der Waals surface area contributed by atoms with E-state index in [9.17, 15) is 5.11 Å². The first kappa shape index (κ1) is 10.6. The predicted octanol–water partition coefficient (Wildman–Crippen LogP) is 1.66. The van der Waals surface area contributed by atoms with E-state index < -0.39 is 0 Å². The molecular weight excluding hydrogens is 184 g/mol. The van der Waals surface area contributed by atoms with E-state index in [4.69, 9.17) is 0 Å². The Hall–Kier alpha value is -0.480. The van der Waals surface area contributed by atoms with Gasteiger partial charge in [-0.25, -0.2) is 4.98 Å². The fourth-order valence-electron chi connectivity index (χ4n) is 0.931. The zero-order valence-corrected chi connectivity index (χ0v) is 9.14. The van der Waals surface area contributed by atoms with Crippen molar-refractivity contribution in [1.29, 1.82) is 0 Å². The third-order valence-electron chi connectivity index (χ3n) is 1.98. The number of nitrogens with zero attached hydrogens (tertiary/aromatic N) is 2. The van der Waals surface area contributed by atoms with Crippen LogP contribution in [0.4, 0.5) is 0 Å². The highest BCUT2D eigenvalue weighted by Gasteiger charge is 2.12.